The second kappa shape index (κ2) is 12.3. The highest BCUT2D eigenvalue weighted by Gasteiger charge is 2.40. The minimum atomic E-state index is -0.485. The van der Waals surface area contributed by atoms with Crippen LogP contribution in [0.1, 0.15) is 70.5 Å². The van der Waals surface area contributed by atoms with E-state index in [0.717, 1.165) is 38.0 Å². The lowest BCUT2D eigenvalue weighted by Gasteiger charge is -2.32. The number of piperidine rings is 1. The normalized spacial score (nSPS) is 16.6. The van der Waals surface area contributed by atoms with Crippen molar-refractivity contribution >= 4 is 29.8 Å². The Morgan fingerprint density at radius 2 is 1.80 bits per heavy atom. The van der Waals surface area contributed by atoms with Crippen LogP contribution in [0.3, 0.4) is 0 Å². The van der Waals surface area contributed by atoms with Gasteiger partial charge in [-0.25, -0.2) is 0 Å². The number of benzene rings is 2. The van der Waals surface area contributed by atoms with Crippen molar-refractivity contribution in [1.29, 1.82) is 0 Å². The lowest BCUT2D eigenvalue weighted by molar-refractivity contribution is -0.125. The molecule has 208 valence electrons. The van der Waals surface area contributed by atoms with Gasteiger partial charge in [0, 0.05) is 56.7 Å². The number of hydrogen-bond acceptors (Lipinski definition) is 7. The van der Waals surface area contributed by atoms with E-state index < -0.39 is 11.9 Å². The summed E-state index contributed by atoms with van der Waals surface area (Å²) in [4.78, 5) is 52.1. The van der Waals surface area contributed by atoms with Gasteiger partial charge in [0.05, 0.1) is 17.2 Å². The van der Waals surface area contributed by atoms with Gasteiger partial charge in [0.15, 0.2) is 0 Å². The van der Waals surface area contributed by atoms with Crippen molar-refractivity contribution in [2.24, 2.45) is 0 Å². The van der Waals surface area contributed by atoms with Crippen molar-refractivity contribution in [1.82, 2.24) is 24.9 Å². The van der Waals surface area contributed by atoms with Crippen molar-refractivity contribution < 1.29 is 19.2 Å². The summed E-state index contributed by atoms with van der Waals surface area (Å²) in [7, 11) is 0. The van der Waals surface area contributed by atoms with Crippen LogP contribution in [0.5, 0.6) is 0 Å². The van der Waals surface area contributed by atoms with Crippen LogP contribution in [-0.2, 0) is 22.7 Å². The molecule has 0 saturated carbocycles. The Balaban J connectivity index is 1.16. The number of fused-ring (bicyclic) bond motifs is 1. The predicted molar refractivity (Wildman–Crippen MR) is 149 cm³/mol. The minimum Gasteiger partial charge on any atom is -0.380 e. The van der Waals surface area contributed by atoms with Gasteiger partial charge >= 0.3 is 0 Å². The third-order valence-electron chi connectivity index (χ3n) is 7.76. The number of anilines is 1. The largest absolute Gasteiger partial charge is 0.380 e. The topological polar surface area (TPSA) is 117 Å². The van der Waals surface area contributed by atoms with Gasteiger partial charge in [-0.3, -0.25) is 39.0 Å². The second-order valence-corrected chi connectivity index (χ2v) is 10.4. The fourth-order valence-electron chi connectivity index (χ4n) is 5.51. The number of carbonyl (C=O) groups excluding carboxylic acids is 4. The number of nitrogens with zero attached hydrogens (tertiary/aromatic N) is 4. The van der Waals surface area contributed by atoms with E-state index in [1.807, 2.05) is 18.5 Å². The first-order chi connectivity index (χ1) is 19.4. The van der Waals surface area contributed by atoms with E-state index in [-0.39, 0.29) is 24.7 Å². The first-order valence-electron chi connectivity index (χ1n) is 13.7. The molecule has 2 N–H and O–H groups in total. The molecule has 2 aliphatic heterocycles. The quantitative estimate of drug-likeness (QED) is 0.282. The zero-order chi connectivity index (χ0) is 28.1. The molecule has 1 unspecified atom stereocenters. The molecule has 3 aromatic rings. The monoisotopic (exact) mass is 542 g/mol. The summed E-state index contributed by atoms with van der Waals surface area (Å²) >= 11 is 0. The van der Waals surface area contributed by atoms with Crippen LogP contribution in [0.15, 0.2) is 60.9 Å². The number of carbonyl (C=O) groups is 4. The van der Waals surface area contributed by atoms with Crippen LogP contribution >= 0.6 is 0 Å². The molecule has 2 aromatic carbocycles. The van der Waals surface area contributed by atoms with Crippen LogP contribution in [0.4, 0.5) is 5.69 Å². The van der Waals surface area contributed by atoms with Crippen LogP contribution in [0, 0.1) is 0 Å². The Kier molecular flexibility index (Phi) is 8.35. The number of aromatic nitrogens is 2. The van der Waals surface area contributed by atoms with E-state index in [4.69, 9.17) is 0 Å². The van der Waals surface area contributed by atoms with E-state index in [1.54, 1.807) is 25.1 Å². The molecule has 2 aliphatic rings. The molecule has 1 aromatic heterocycles. The van der Waals surface area contributed by atoms with Gasteiger partial charge in [0.2, 0.25) is 12.3 Å². The molecule has 40 heavy (non-hydrogen) atoms. The molecule has 10 heteroatoms. The molecule has 10 nitrogen and oxygen atoms in total. The zero-order valence-electron chi connectivity index (χ0n) is 22.6. The van der Waals surface area contributed by atoms with Gasteiger partial charge in [0.1, 0.15) is 0 Å². The van der Waals surface area contributed by atoms with E-state index in [1.165, 1.54) is 10.5 Å². The van der Waals surface area contributed by atoms with Crippen molar-refractivity contribution in [3.63, 3.8) is 0 Å². The van der Waals surface area contributed by atoms with E-state index >= 15 is 0 Å². The molecule has 0 bridgehead atoms. The summed E-state index contributed by atoms with van der Waals surface area (Å²) < 4.78 is 2.07. The maximum atomic E-state index is 13.3. The Bertz CT molecular complexity index is 1360. The zero-order valence-corrected chi connectivity index (χ0v) is 22.6. The van der Waals surface area contributed by atoms with E-state index in [0.29, 0.717) is 35.8 Å². The fraction of sp³-hybridized carbons (Fsp3) is 0.367. The van der Waals surface area contributed by atoms with Gasteiger partial charge < -0.3 is 5.32 Å². The molecule has 1 fully saturated rings. The third-order valence-corrected chi connectivity index (χ3v) is 7.76. The number of hydrogen-bond donors (Lipinski definition) is 2. The molecule has 3 heterocycles. The van der Waals surface area contributed by atoms with Crippen molar-refractivity contribution in [3.8, 4) is 0 Å². The Morgan fingerprint density at radius 1 is 1.05 bits per heavy atom. The number of nitrogens with one attached hydrogen (secondary N) is 2. The van der Waals surface area contributed by atoms with Gasteiger partial charge in [-0.05, 0) is 55.5 Å². The standard InChI is InChI=1S/C30H34N6O4/c1-21(6-11-27(38)32-20-37)36-29(39)25-4-2-5-26(28(25)30(36)40)31-18-22-7-9-23(10-8-22)19-34-16-12-24(13-17-34)35-15-3-14-33-35/h2-5,7-10,14-15,20-21,24,31H,6,11-13,16-19H2,1H3,(H,32,37,38). The molecule has 4 amide bonds. The lowest BCUT2D eigenvalue weighted by atomic mass is 10.0. The van der Waals surface area contributed by atoms with Crippen LogP contribution < -0.4 is 10.6 Å². The smallest absolute Gasteiger partial charge is 0.263 e. The molecule has 0 spiro atoms. The van der Waals surface area contributed by atoms with Crippen LogP contribution in [0.2, 0.25) is 0 Å². The average molecular weight is 543 g/mol. The first-order valence-corrected chi connectivity index (χ1v) is 13.7. The Labute approximate surface area is 233 Å². The summed E-state index contributed by atoms with van der Waals surface area (Å²) in [5, 5.41) is 9.80. The number of amides is 4. The molecule has 5 rings (SSSR count). The highest BCUT2D eigenvalue weighted by atomic mass is 16.2. The van der Waals surface area contributed by atoms with E-state index in [9.17, 15) is 19.2 Å². The summed E-state index contributed by atoms with van der Waals surface area (Å²) in [5.74, 6) is -1.19. The lowest BCUT2D eigenvalue weighted by Crippen LogP contribution is -2.38. The van der Waals surface area contributed by atoms with Crippen molar-refractivity contribution in [2.75, 3.05) is 18.4 Å². The molecular formula is C30H34N6O4. The minimum absolute atomic E-state index is 0.0397. The van der Waals surface area contributed by atoms with Gasteiger partial charge in [0.25, 0.3) is 11.8 Å². The number of likely N-dealkylation sites (tertiary alicyclic amines) is 1. The van der Waals surface area contributed by atoms with Crippen molar-refractivity contribution in [2.45, 2.75) is 57.8 Å². The summed E-state index contributed by atoms with van der Waals surface area (Å²) in [5.41, 5.74) is 3.64. The SMILES string of the molecule is CC(CCC(=O)NC=O)N1C(=O)c2cccc(NCc3ccc(CN4CCC(n5cccn5)CC4)cc3)c2C1=O. The van der Waals surface area contributed by atoms with Crippen LogP contribution in [-0.4, -0.2) is 62.8 Å². The van der Waals surface area contributed by atoms with Crippen molar-refractivity contribution in [3.05, 3.63) is 83.2 Å². The maximum Gasteiger partial charge on any atom is 0.263 e. The maximum absolute atomic E-state index is 13.3. The molecule has 0 radical (unpaired) electrons. The summed E-state index contributed by atoms with van der Waals surface area (Å²) in [6.45, 7) is 5.23. The molecule has 1 atom stereocenters. The van der Waals surface area contributed by atoms with E-state index in [2.05, 4.69) is 49.6 Å². The predicted octanol–water partition coefficient (Wildman–Crippen LogP) is 3.37. The summed E-state index contributed by atoms with van der Waals surface area (Å²) in [6.07, 6.45) is 6.70. The second-order valence-electron chi connectivity index (χ2n) is 10.4. The molecule has 0 aliphatic carbocycles. The van der Waals surface area contributed by atoms with Gasteiger partial charge in [-0.15, -0.1) is 0 Å². The van der Waals surface area contributed by atoms with Gasteiger partial charge in [-0.1, -0.05) is 30.3 Å². The molecular weight excluding hydrogens is 508 g/mol. The third kappa shape index (κ3) is 5.96. The molecule has 1 saturated heterocycles. The summed E-state index contributed by atoms with van der Waals surface area (Å²) in [6, 6.07) is 15.7. The van der Waals surface area contributed by atoms with Gasteiger partial charge in [-0.2, -0.15) is 5.10 Å². The highest BCUT2D eigenvalue weighted by molar-refractivity contribution is 6.24. The number of rotatable bonds is 11. The fourth-order valence-corrected chi connectivity index (χ4v) is 5.51. The van der Waals surface area contributed by atoms with Crippen LogP contribution in [0.25, 0.3) is 0 Å². The number of imide groups is 2. The Morgan fingerprint density at radius 3 is 2.50 bits per heavy atom. The highest BCUT2D eigenvalue weighted by Crippen LogP contribution is 2.32. The average Bonchev–Trinajstić information content (AvgIpc) is 3.59. The Hall–Kier alpha value is -4.31. The first kappa shape index (κ1) is 27.3.